The monoisotopic (exact) mass is 255 g/mol. The van der Waals surface area contributed by atoms with Crippen molar-refractivity contribution in [3.63, 3.8) is 0 Å². The van der Waals surface area contributed by atoms with E-state index < -0.39 is 6.10 Å². The van der Waals surface area contributed by atoms with E-state index in [1.54, 1.807) is 6.92 Å². The molecule has 1 saturated heterocycles. The maximum atomic E-state index is 9.48. The highest BCUT2D eigenvalue weighted by atomic mass is 35.5. The number of hydrogen-bond acceptors (Lipinski definition) is 3. The van der Waals surface area contributed by atoms with Crippen LogP contribution in [0.1, 0.15) is 25.0 Å². The van der Waals surface area contributed by atoms with E-state index in [1.807, 2.05) is 18.2 Å². The first-order valence-corrected chi connectivity index (χ1v) is 6.33. The Kier molecular flexibility index (Phi) is 3.92. The average molecular weight is 256 g/mol. The van der Waals surface area contributed by atoms with Gasteiger partial charge in [-0.25, -0.2) is 0 Å². The van der Waals surface area contributed by atoms with E-state index in [9.17, 15) is 5.11 Å². The lowest BCUT2D eigenvalue weighted by Crippen LogP contribution is -2.21. The highest BCUT2D eigenvalue weighted by molar-refractivity contribution is 6.33. The second kappa shape index (κ2) is 5.25. The molecule has 1 heterocycles. The fourth-order valence-electron chi connectivity index (χ4n) is 2.24. The molecule has 4 heteroatoms. The molecule has 1 aliphatic rings. The largest absolute Gasteiger partial charge is 0.396 e. The molecule has 2 atom stereocenters. The molecule has 0 bridgehead atoms. The fraction of sp³-hybridized carbons (Fsp3) is 0.538. The number of halogens is 1. The van der Waals surface area contributed by atoms with Crippen molar-refractivity contribution in [1.29, 1.82) is 0 Å². The zero-order valence-electron chi connectivity index (χ0n) is 9.93. The summed E-state index contributed by atoms with van der Waals surface area (Å²) in [5.74, 6) is 0.350. The van der Waals surface area contributed by atoms with E-state index in [0.29, 0.717) is 10.9 Å². The smallest absolute Gasteiger partial charge is 0.0762 e. The molecule has 17 heavy (non-hydrogen) atoms. The number of aliphatic hydroxyl groups excluding tert-OH is 2. The van der Waals surface area contributed by atoms with Crippen molar-refractivity contribution in [3.8, 4) is 0 Å². The van der Waals surface area contributed by atoms with E-state index in [0.717, 1.165) is 30.8 Å². The van der Waals surface area contributed by atoms with E-state index >= 15 is 0 Å². The van der Waals surface area contributed by atoms with Gasteiger partial charge >= 0.3 is 0 Å². The molecule has 2 rings (SSSR count). The van der Waals surface area contributed by atoms with Gasteiger partial charge in [-0.1, -0.05) is 17.7 Å². The Bertz CT molecular complexity index is 395. The molecular weight excluding hydrogens is 238 g/mol. The van der Waals surface area contributed by atoms with E-state index in [-0.39, 0.29) is 6.61 Å². The molecule has 1 aromatic carbocycles. The van der Waals surface area contributed by atoms with Crippen molar-refractivity contribution in [2.45, 2.75) is 19.4 Å². The summed E-state index contributed by atoms with van der Waals surface area (Å²) < 4.78 is 0. The number of benzene rings is 1. The third kappa shape index (κ3) is 2.73. The summed E-state index contributed by atoms with van der Waals surface area (Å²) in [4.78, 5) is 2.19. The molecular formula is C13H18ClNO2. The van der Waals surface area contributed by atoms with Gasteiger partial charge in [-0.15, -0.1) is 0 Å². The Hall–Kier alpha value is -0.770. The topological polar surface area (TPSA) is 43.7 Å². The molecule has 2 unspecified atom stereocenters. The van der Waals surface area contributed by atoms with Crippen LogP contribution in [-0.2, 0) is 0 Å². The normalized spacial score (nSPS) is 21.9. The second-order valence-corrected chi connectivity index (χ2v) is 5.08. The van der Waals surface area contributed by atoms with Gasteiger partial charge in [0, 0.05) is 25.6 Å². The van der Waals surface area contributed by atoms with Gasteiger partial charge in [0.05, 0.1) is 16.8 Å². The molecule has 3 nitrogen and oxygen atoms in total. The van der Waals surface area contributed by atoms with Gasteiger partial charge in [0.15, 0.2) is 0 Å². The summed E-state index contributed by atoms with van der Waals surface area (Å²) in [6.07, 6.45) is 0.510. The van der Waals surface area contributed by atoms with Crippen molar-refractivity contribution in [1.82, 2.24) is 0 Å². The Labute approximate surface area is 107 Å². The molecule has 0 saturated carbocycles. The molecule has 2 N–H and O–H groups in total. The number of aliphatic hydroxyl groups is 2. The van der Waals surface area contributed by atoms with Gasteiger partial charge < -0.3 is 15.1 Å². The predicted molar refractivity (Wildman–Crippen MR) is 69.5 cm³/mol. The maximum absolute atomic E-state index is 9.48. The standard InChI is InChI=1S/C13H18ClNO2/c1-9(17)11-2-3-13(12(14)6-11)15-5-4-10(7-15)8-16/h2-3,6,9-10,16-17H,4-5,7-8H2,1H3. The minimum atomic E-state index is -0.495. The molecule has 1 fully saturated rings. The van der Waals surface area contributed by atoms with Gasteiger partial charge in [-0.3, -0.25) is 0 Å². The van der Waals surface area contributed by atoms with Crippen LogP contribution in [0.3, 0.4) is 0 Å². The van der Waals surface area contributed by atoms with Crippen LogP contribution in [0.15, 0.2) is 18.2 Å². The van der Waals surface area contributed by atoms with Gasteiger partial charge in [0.2, 0.25) is 0 Å². The lowest BCUT2D eigenvalue weighted by Gasteiger charge is -2.20. The van der Waals surface area contributed by atoms with E-state index in [1.165, 1.54) is 0 Å². The van der Waals surface area contributed by atoms with Crippen LogP contribution < -0.4 is 4.90 Å². The van der Waals surface area contributed by atoms with E-state index in [4.69, 9.17) is 16.7 Å². The Morgan fingerprint density at radius 2 is 2.29 bits per heavy atom. The van der Waals surface area contributed by atoms with Gasteiger partial charge in [0.1, 0.15) is 0 Å². The Balaban J connectivity index is 2.17. The highest BCUT2D eigenvalue weighted by Crippen LogP contribution is 2.32. The number of nitrogens with zero attached hydrogens (tertiary/aromatic N) is 1. The predicted octanol–water partition coefficient (Wildman–Crippen LogP) is 2.21. The zero-order valence-corrected chi connectivity index (χ0v) is 10.7. The second-order valence-electron chi connectivity index (χ2n) is 4.67. The quantitative estimate of drug-likeness (QED) is 0.870. The summed E-state index contributed by atoms with van der Waals surface area (Å²) >= 11 is 6.23. The third-order valence-electron chi connectivity index (χ3n) is 3.34. The van der Waals surface area contributed by atoms with Crippen LogP contribution >= 0.6 is 11.6 Å². The van der Waals surface area contributed by atoms with Crippen molar-refractivity contribution in [3.05, 3.63) is 28.8 Å². The van der Waals surface area contributed by atoms with Gasteiger partial charge in [-0.05, 0) is 31.0 Å². The number of hydrogen-bond donors (Lipinski definition) is 2. The highest BCUT2D eigenvalue weighted by Gasteiger charge is 2.23. The summed E-state index contributed by atoms with van der Waals surface area (Å²) in [7, 11) is 0. The molecule has 0 aliphatic carbocycles. The maximum Gasteiger partial charge on any atom is 0.0762 e. The first kappa shape index (κ1) is 12.7. The minimum absolute atomic E-state index is 0.236. The molecule has 0 radical (unpaired) electrons. The van der Waals surface area contributed by atoms with Crippen LogP contribution in [-0.4, -0.2) is 29.9 Å². The summed E-state index contributed by atoms with van der Waals surface area (Å²) in [6.45, 7) is 3.74. The number of rotatable bonds is 3. The summed E-state index contributed by atoms with van der Waals surface area (Å²) in [6, 6.07) is 5.66. The fourth-order valence-corrected chi connectivity index (χ4v) is 2.55. The van der Waals surface area contributed by atoms with Crippen LogP contribution in [0.25, 0.3) is 0 Å². The van der Waals surface area contributed by atoms with Crippen LogP contribution in [0.5, 0.6) is 0 Å². The molecule has 94 valence electrons. The zero-order chi connectivity index (χ0) is 12.4. The van der Waals surface area contributed by atoms with Crippen LogP contribution in [0, 0.1) is 5.92 Å². The lowest BCUT2D eigenvalue weighted by atomic mass is 10.1. The minimum Gasteiger partial charge on any atom is -0.396 e. The van der Waals surface area contributed by atoms with Crippen molar-refractivity contribution in [2.75, 3.05) is 24.6 Å². The molecule has 0 amide bonds. The first-order chi connectivity index (χ1) is 8.11. The Morgan fingerprint density at radius 1 is 1.53 bits per heavy atom. The SMILES string of the molecule is CC(O)c1ccc(N2CCC(CO)C2)c(Cl)c1. The van der Waals surface area contributed by atoms with Crippen molar-refractivity contribution in [2.24, 2.45) is 5.92 Å². The van der Waals surface area contributed by atoms with E-state index in [2.05, 4.69) is 4.90 Å². The molecule has 1 aromatic rings. The van der Waals surface area contributed by atoms with Crippen molar-refractivity contribution < 1.29 is 10.2 Å². The average Bonchev–Trinajstić information content (AvgIpc) is 2.77. The first-order valence-electron chi connectivity index (χ1n) is 5.95. The Morgan fingerprint density at radius 3 is 2.82 bits per heavy atom. The molecule has 0 aromatic heterocycles. The van der Waals surface area contributed by atoms with Crippen LogP contribution in [0.4, 0.5) is 5.69 Å². The molecule has 0 spiro atoms. The van der Waals surface area contributed by atoms with Crippen molar-refractivity contribution >= 4 is 17.3 Å². The van der Waals surface area contributed by atoms with Gasteiger partial charge in [-0.2, -0.15) is 0 Å². The lowest BCUT2D eigenvalue weighted by molar-refractivity contribution is 0.199. The van der Waals surface area contributed by atoms with Crippen LogP contribution in [0.2, 0.25) is 5.02 Å². The van der Waals surface area contributed by atoms with Gasteiger partial charge in [0.25, 0.3) is 0 Å². The number of anilines is 1. The molecule has 1 aliphatic heterocycles. The third-order valence-corrected chi connectivity index (χ3v) is 3.64. The summed E-state index contributed by atoms with van der Waals surface area (Å²) in [5, 5.41) is 19.3. The summed E-state index contributed by atoms with van der Waals surface area (Å²) in [5.41, 5.74) is 1.82.